The summed E-state index contributed by atoms with van der Waals surface area (Å²) in [5.41, 5.74) is 11.5. The van der Waals surface area contributed by atoms with Gasteiger partial charge in [0.2, 0.25) is 0 Å². The van der Waals surface area contributed by atoms with Gasteiger partial charge in [-0.2, -0.15) is 0 Å². The lowest BCUT2D eigenvalue weighted by Gasteiger charge is -2.21. The number of anilines is 1. The number of nitrogens with zero attached hydrogens (tertiary/aromatic N) is 1. The van der Waals surface area contributed by atoms with E-state index in [0.717, 1.165) is 38.7 Å². The van der Waals surface area contributed by atoms with Gasteiger partial charge in [-0.3, -0.25) is 0 Å². The number of ether oxygens (including phenoxy) is 1. The van der Waals surface area contributed by atoms with Crippen molar-refractivity contribution in [2.75, 3.05) is 5.32 Å². The Bertz CT molecular complexity index is 1180. The van der Waals surface area contributed by atoms with Crippen molar-refractivity contribution in [1.82, 2.24) is 0 Å². The smallest absolute Gasteiger partial charge is 0.126 e. The Labute approximate surface area is 206 Å². The monoisotopic (exact) mass is 473 g/mol. The lowest BCUT2D eigenvalue weighted by atomic mass is 10.0. The molecule has 0 spiro atoms. The van der Waals surface area contributed by atoms with Crippen LogP contribution in [0.2, 0.25) is 0 Å². The summed E-state index contributed by atoms with van der Waals surface area (Å²) in [6.07, 6.45) is 9.09. The fraction of sp³-hybridized carbons (Fsp3) is 0.179. The molecule has 5 nitrogen and oxygen atoms in total. The number of hydrogen-bond donors (Lipinski definition) is 3. The summed E-state index contributed by atoms with van der Waals surface area (Å²) < 4.78 is 15.3. The van der Waals surface area contributed by atoms with E-state index in [0.29, 0.717) is 36.4 Å². The lowest BCUT2D eigenvalue weighted by molar-refractivity contribution is 0.160. The summed E-state index contributed by atoms with van der Waals surface area (Å²) >= 11 is 0.708. The maximum Gasteiger partial charge on any atom is 0.126 e. The van der Waals surface area contributed by atoms with E-state index in [1.54, 1.807) is 0 Å². The first-order valence-electron chi connectivity index (χ1n) is 11.0. The highest BCUT2D eigenvalue weighted by molar-refractivity contribution is 7.93. The molecule has 4 N–H and O–H groups in total. The molecule has 0 bridgehead atoms. The molecular weight excluding hydrogens is 442 g/mol. The topological polar surface area (TPSA) is 79.9 Å². The number of allylic oxidation sites excluding steroid dienone is 4. The summed E-state index contributed by atoms with van der Waals surface area (Å²) in [7, 11) is 0. The fourth-order valence-corrected chi connectivity index (χ4v) is 3.80. The number of nitrogens with one attached hydrogen (secondary N) is 1. The highest BCUT2D eigenvalue weighted by Gasteiger charge is 2.18. The van der Waals surface area contributed by atoms with Gasteiger partial charge >= 0.3 is 0 Å². The van der Waals surface area contributed by atoms with Crippen LogP contribution < -0.4 is 11.1 Å². The highest BCUT2D eigenvalue weighted by Crippen LogP contribution is 2.26. The van der Waals surface area contributed by atoms with Gasteiger partial charge in [-0.15, -0.1) is 0 Å². The van der Waals surface area contributed by atoms with E-state index >= 15 is 0 Å². The second-order valence-electron chi connectivity index (χ2n) is 8.03. The van der Waals surface area contributed by atoms with Crippen LogP contribution in [0.4, 0.5) is 5.69 Å². The van der Waals surface area contributed by atoms with Gasteiger partial charge in [0.05, 0.1) is 11.5 Å². The number of aryl methyl sites for hydroxylation is 1. The number of nitrogens with two attached hydrogens (primary N) is 1. The standard InChI is InChI=1S/C28H31N3O2S/c1-19(22(4)30-23-13-9-14-25(16-23)34-32)10-5-7-12-21(3)33-24-17-27(31-28(29)18-24)26-15-8-6-11-20(26)2/h5-6,8-17,24,30,32H,1,4,7,18H2,2-3H3,(H2,29,31)/b10-5+,21-12+. The molecule has 1 aliphatic heterocycles. The first-order chi connectivity index (χ1) is 16.4. The van der Waals surface area contributed by atoms with Gasteiger partial charge in [-0.25, -0.2) is 4.99 Å². The largest absolute Gasteiger partial charge is 0.491 e. The second kappa shape index (κ2) is 12.1. The van der Waals surface area contributed by atoms with Crippen LogP contribution in [0, 0.1) is 6.92 Å². The summed E-state index contributed by atoms with van der Waals surface area (Å²) in [4.78, 5) is 5.29. The van der Waals surface area contributed by atoms with E-state index in [4.69, 9.17) is 10.5 Å². The third-order valence-corrected chi connectivity index (χ3v) is 5.72. The lowest BCUT2D eigenvalue weighted by Crippen LogP contribution is -2.24. The molecule has 0 saturated carbocycles. The SMILES string of the molecule is C=C(/C=C/C/C=C(\C)OC1C=C(c2ccccc2C)N=C(N)C1)C(=C)Nc1cccc(SO)c1. The zero-order valence-electron chi connectivity index (χ0n) is 19.6. The minimum Gasteiger partial charge on any atom is -0.491 e. The molecule has 3 rings (SSSR count). The van der Waals surface area contributed by atoms with Crippen molar-refractivity contribution < 1.29 is 9.29 Å². The second-order valence-corrected chi connectivity index (χ2v) is 8.69. The van der Waals surface area contributed by atoms with Crippen molar-refractivity contribution in [1.29, 1.82) is 0 Å². The summed E-state index contributed by atoms with van der Waals surface area (Å²) in [6.45, 7) is 12.1. The summed E-state index contributed by atoms with van der Waals surface area (Å²) in [6, 6.07) is 15.6. The fourth-order valence-electron chi connectivity index (χ4n) is 3.48. The molecule has 0 aromatic heterocycles. The van der Waals surface area contributed by atoms with E-state index < -0.39 is 0 Å². The molecule has 1 unspecified atom stereocenters. The van der Waals surface area contributed by atoms with Crippen LogP contribution in [0.15, 0.2) is 113 Å². The number of aliphatic imine (C=N–C) groups is 1. The van der Waals surface area contributed by atoms with Crippen molar-refractivity contribution in [2.45, 2.75) is 37.7 Å². The Kier molecular flexibility index (Phi) is 8.96. The molecule has 6 heteroatoms. The molecule has 0 radical (unpaired) electrons. The molecule has 1 aliphatic rings. The normalized spacial score (nSPS) is 16.1. The predicted molar refractivity (Wildman–Crippen MR) is 145 cm³/mol. The van der Waals surface area contributed by atoms with Crippen LogP contribution in [0.5, 0.6) is 0 Å². The number of hydrogen-bond acceptors (Lipinski definition) is 6. The third kappa shape index (κ3) is 7.27. The zero-order chi connectivity index (χ0) is 24.5. The molecular formula is C28H31N3O2S. The van der Waals surface area contributed by atoms with Gasteiger partial charge in [0, 0.05) is 40.3 Å². The van der Waals surface area contributed by atoms with Crippen molar-refractivity contribution in [3.63, 3.8) is 0 Å². The van der Waals surface area contributed by atoms with Crippen LogP contribution in [-0.2, 0) is 4.74 Å². The van der Waals surface area contributed by atoms with Gasteiger partial charge in [0.15, 0.2) is 0 Å². The summed E-state index contributed by atoms with van der Waals surface area (Å²) in [5, 5.41) is 3.21. The molecule has 2 aromatic rings. The molecule has 176 valence electrons. The van der Waals surface area contributed by atoms with Crippen LogP contribution >= 0.6 is 12.0 Å². The molecule has 0 saturated heterocycles. The van der Waals surface area contributed by atoms with E-state index in [-0.39, 0.29) is 6.10 Å². The number of amidine groups is 1. The first kappa shape index (κ1) is 25.1. The summed E-state index contributed by atoms with van der Waals surface area (Å²) in [5.74, 6) is 1.40. The average molecular weight is 474 g/mol. The van der Waals surface area contributed by atoms with Gasteiger partial charge < -0.3 is 20.3 Å². The van der Waals surface area contributed by atoms with Crippen molar-refractivity contribution in [3.05, 3.63) is 114 Å². The van der Waals surface area contributed by atoms with Crippen molar-refractivity contribution in [3.8, 4) is 0 Å². The van der Waals surface area contributed by atoms with Crippen molar-refractivity contribution >= 4 is 29.3 Å². The van der Waals surface area contributed by atoms with Gasteiger partial charge in [0.1, 0.15) is 11.9 Å². The molecule has 0 fully saturated rings. The van der Waals surface area contributed by atoms with E-state index in [1.807, 2.05) is 73.7 Å². The van der Waals surface area contributed by atoms with Crippen LogP contribution in [0.3, 0.4) is 0 Å². The van der Waals surface area contributed by atoms with Gasteiger partial charge in [-0.05, 0) is 61.8 Å². The Morgan fingerprint density at radius 2 is 2.06 bits per heavy atom. The quantitative estimate of drug-likeness (QED) is 0.195. The van der Waals surface area contributed by atoms with Gasteiger partial charge in [-0.1, -0.05) is 55.6 Å². The Morgan fingerprint density at radius 1 is 1.26 bits per heavy atom. The highest BCUT2D eigenvalue weighted by atomic mass is 32.2. The van der Waals surface area contributed by atoms with Crippen LogP contribution in [-0.4, -0.2) is 16.5 Å². The molecule has 34 heavy (non-hydrogen) atoms. The number of rotatable bonds is 10. The van der Waals surface area contributed by atoms with E-state index in [2.05, 4.69) is 36.5 Å². The predicted octanol–water partition coefficient (Wildman–Crippen LogP) is 7.08. The molecule has 2 aromatic carbocycles. The van der Waals surface area contributed by atoms with E-state index in [9.17, 15) is 4.55 Å². The Hall–Kier alpha value is -3.48. The van der Waals surface area contributed by atoms with E-state index in [1.165, 1.54) is 0 Å². The maximum absolute atomic E-state index is 9.19. The minimum absolute atomic E-state index is 0.154. The zero-order valence-corrected chi connectivity index (χ0v) is 20.4. The Morgan fingerprint density at radius 3 is 2.82 bits per heavy atom. The van der Waals surface area contributed by atoms with Crippen LogP contribution in [0.25, 0.3) is 5.70 Å². The maximum atomic E-state index is 9.19. The molecule has 1 heterocycles. The van der Waals surface area contributed by atoms with Crippen molar-refractivity contribution in [2.24, 2.45) is 10.7 Å². The molecule has 0 aliphatic carbocycles. The molecule has 0 amide bonds. The molecule has 1 atom stereocenters. The Balaban J connectivity index is 1.53. The average Bonchev–Trinajstić information content (AvgIpc) is 2.81. The van der Waals surface area contributed by atoms with Crippen LogP contribution in [0.1, 0.15) is 30.9 Å². The van der Waals surface area contributed by atoms with Gasteiger partial charge in [0.25, 0.3) is 0 Å². The third-order valence-electron chi connectivity index (χ3n) is 5.26. The minimum atomic E-state index is -0.154. The first-order valence-corrected chi connectivity index (χ1v) is 11.8. The number of benzene rings is 2.